The molecule has 0 fully saturated rings. The first kappa shape index (κ1) is 18.0. The molecule has 120 valence electrons. The Bertz CT molecular complexity index is 392. The van der Waals surface area contributed by atoms with Gasteiger partial charge >= 0.3 is 0 Å². The molecule has 0 spiro atoms. The number of nitrogens with one attached hydrogen (secondary N) is 1. The number of nitrogens with zero attached hydrogens (tertiary/aromatic N) is 1. The Morgan fingerprint density at radius 3 is 2.19 bits per heavy atom. The molecule has 1 rings (SSSR count). The van der Waals surface area contributed by atoms with Gasteiger partial charge in [0.1, 0.15) is 0 Å². The van der Waals surface area contributed by atoms with E-state index in [2.05, 4.69) is 44.1 Å². The van der Waals surface area contributed by atoms with E-state index in [-0.39, 0.29) is 6.10 Å². The van der Waals surface area contributed by atoms with Crippen LogP contribution in [0.4, 0.5) is 0 Å². The lowest BCUT2D eigenvalue weighted by atomic mass is 9.95. The molecular formula is C18H32N2O. The molecule has 21 heavy (non-hydrogen) atoms. The van der Waals surface area contributed by atoms with E-state index in [0.29, 0.717) is 17.9 Å². The summed E-state index contributed by atoms with van der Waals surface area (Å²) in [5.41, 5.74) is 1.14. The second-order valence-corrected chi connectivity index (χ2v) is 6.97. The first-order valence-corrected chi connectivity index (χ1v) is 8.22. The maximum Gasteiger partial charge on any atom is 0.218 e. The average molecular weight is 292 g/mol. The summed E-state index contributed by atoms with van der Waals surface area (Å²) in [7, 11) is 0. The van der Waals surface area contributed by atoms with E-state index in [0.717, 1.165) is 18.0 Å². The van der Waals surface area contributed by atoms with Crippen LogP contribution in [-0.4, -0.2) is 17.1 Å². The van der Waals surface area contributed by atoms with Gasteiger partial charge < -0.3 is 10.1 Å². The van der Waals surface area contributed by atoms with Gasteiger partial charge in [-0.05, 0) is 44.6 Å². The first-order chi connectivity index (χ1) is 9.88. The minimum absolute atomic E-state index is 0.153. The molecule has 0 amide bonds. The lowest BCUT2D eigenvalue weighted by Crippen LogP contribution is -2.31. The molecule has 0 atom stereocenters. The van der Waals surface area contributed by atoms with Crippen LogP contribution >= 0.6 is 0 Å². The number of pyridine rings is 1. The van der Waals surface area contributed by atoms with Crippen LogP contribution in [0, 0.1) is 11.8 Å². The Hall–Kier alpha value is -1.09. The topological polar surface area (TPSA) is 34.2 Å². The third kappa shape index (κ3) is 7.47. The van der Waals surface area contributed by atoms with Crippen LogP contribution in [0.5, 0.6) is 5.88 Å². The highest BCUT2D eigenvalue weighted by molar-refractivity contribution is 5.25. The quantitative estimate of drug-likeness (QED) is 0.731. The van der Waals surface area contributed by atoms with E-state index in [1.807, 2.05) is 19.9 Å². The molecular weight excluding hydrogens is 260 g/mol. The molecule has 1 N–H and O–H groups in total. The van der Waals surface area contributed by atoms with E-state index in [1.54, 1.807) is 6.20 Å². The van der Waals surface area contributed by atoms with Gasteiger partial charge in [0.05, 0.1) is 6.10 Å². The molecule has 0 unspecified atom stereocenters. The van der Waals surface area contributed by atoms with Crippen molar-refractivity contribution in [3.05, 3.63) is 23.9 Å². The molecule has 0 aromatic carbocycles. The van der Waals surface area contributed by atoms with Gasteiger partial charge in [-0.3, -0.25) is 0 Å². The van der Waals surface area contributed by atoms with Gasteiger partial charge in [0.15, 0.2) is 0 Å². The minimum Gasteiger partial charge on any atom is -0.475 e. The zero-order chi connectivity index (χ0) is 15.8. The van der Waals surface area contributed by atoms with Crippen molar-refractivity contribution in [1.82, 2.24) is 10.3 Å². The van der Waals surface area contributed by atoms with Crippen molar-refractivity contribution in [3.63, 3.8) is 0 Å². The maximum absolute atomic E-state index is 5.79. The fourth-order valence-corrected chi connectivity index (χ4v) is 2.54. The van der Waals surface area contributed by atoms with Crippen LogP contribution in [0.25, 0.3) is 0 Å². The Morgan fingerprint density at radius 2 is 1.67 bits per heavy atom. The number of hydrogen-bond donors (Lipinski definition) is 1. The van der Waals surface area contributed by atoms with Gasteiger partial charge in [0, 0.05) is 24.3 Å². The minimum atomic E-state index is 0.153. The fraction of sp³-hybridized carbons (Fsp3) is 0.722. The number of ether oxygens (including phenoxy) is 1. The highest BCUT2D eigenvalue weighted by Crippen LogP contribution is 2.18. The Balaban J connectivity index is 2.66. The van der Waals surface area contributed by atoms with E-state index >= 15 is 0 Å². The Kier molecular flexibility index (Phi) is 7.73. The lowest BCUT2D eigenvalue weighted by molar-refractivity contribution is 0.228. The molecule has 0 aliphatic rings. The van der Waals surface area contributed by atoms with Crippen molar-refractivity contribution in [2.45, 2.75) is 73.1 Å². The summed E-state index contributed by atoms with van der Waals surface area (Å²) in [6.07, 6.45) is 4.36. The van der Waals surface area contributed by atoms with Gasteiger partial charge in [-0.2, -0.15) is 0 Å². The highest BCUT2D eigenvalue weighted by atomic mass is 16.5. The van der Waals surface area contributed by atoms with Crippen LogP contribution in [0.3, 0.4) is 0 Å². The first-order valence-electron chi connectivity index (χ1n) is 8.22. The van der Waals surface area contributed by atoms with Gasteiger partial charge in [0.2, 0.25) is 5.88 Å². The Morgan fingerprint density at radius 1 is 1.05 bits per heavy atom. The van der Waals surface area contributed by atoms with E-state index in [9.17, 15) is 0 Å². The molecule has 0 saturated carbocycles. The molecule has 0 saturated heterocycles. The standard InChI is InChI=1S/C18H32N2O/c1-13(2)10-17(11-14(3)4)20-12-16-8-7-9-19-18(16)21-15(5)6/h7-9,13-15,17,20H,10-12H2,1-6H3. The summed E-state index contributed by atoms with van der Waals surface area (Å²) in [6.45, 7) is 14.0. The summed E-state index contributed by atoms with van der Waals surface area (Å²) >= 11 is 0. The lowest BCUT2D eigenvalue weighted by Gasteiger charge is -2.23. The zero-order valence-corrected chi connectivity index (χ0v) is 14.5. The van der Waals surface area contributed by atoms with E-state index in [1.165, 1.54) is 12.8 Å². The summed E-state index contributed by atoms with van der Waals surface area (Å²) in [4.78, 5) is 4.36. The van der Waals surface area contributed by atoms with Crippen LogP contribution in [0.15, 0.2) is 18.3 Å². The number of rotatable bonds is 9. The van der Waals surface area contributed by atoms with Crippen molar-refractivity contribution in [3.8, 4) is 5.88 Å². The van der Waals surface area contributed by atoms with E-state index < -0.39 is 0 Å². The number of hydrogen-bond acceptors (Lipinski definition) is 3. The van der Waals surface area contributed by atoms with Gasteiger partial charge in [-0.15, -0.1) is 0 Å². The van der Waals surface area contributed by atoms with Gasteiger partial charge in [-0.1, -0.05) is 33.8 Å². The third-order valence-corrected chi connectivity index (χ3v) is 3.29. The van der Waals surface area contributed by atoms with Crippen LogP contribution in [0.2, 0.25) is 0 Å². The molecule has 1 aromatic rings. The second-order valence-electron chi connectivity index (χ2n) is 6.97. The zero-order valence-electron chi connectivity index (χ0n) is 14.5. The second kappa shape index (κ2) is 9.04. The van der Waals surface area contributed by atoms with Crippen molar-refractivity contribution in [2.24, 2.45) is 11.8 Å². The highest BCUT2D eigenvalue weighted by Gasteiger charge is 2.14. The number of aromatic nitrogens is 1. The SMILES string of the molecule is CC(C)CC(CC(C)C)NCc1cccnc1OC(C)C. The molecule has 1 heterocycles. The molecule has 0 aliphatic carbocycles. The maximum atomic E-state index is 5.79. The molecule has 0 radical (unpaired) electrons. The molecule has 3 nitrogen and oxygen atoms in total. The van der Waals surface area contributed by atoms with Crippen molar-refractivity contribution in [1.29, 1.82) is 0 Å². The normalized spacial score (nSPS) is 11.9. The van der Waals surface area contributed by atoms with Crippen LogP contribution in [-0.2, 0) is 6.54 Å². The van der Waals surface area contributed by atoms with Crippen molar-refractivity contribution >= 4 is 0 Å². The summed E-state index contributed by atoms with van der Waals surface area (Å²) < 4.78 is 5.79. The molecule has 3 heteroatoms. The van der Waals surface area contributed by atoms with Crippen LogP contribution < -0.4 is 10.1 Å². The molecule has 0 bridgehead atoms. The third-order valence-electron chi connectivity index (χ3n) is 3.29. The largest absolute Gasteiger partial charge is 0.475 e. The molecule has 1 aromatic heterocycles. The average Bonchev–Trinajstić information content (AvgIpc) is 2.35. The summed E-state index contributed by atoms with van der Waals surface area (Å²) in [5, 5.41) is 3.69. The van der Waals surface area contributed by atoms with Crippen molar-refractivity contribution in [2.75, 3.05) is 0 Å². The fourth-order valence-electron chi connectivity index (χ4n) is 2.54. The van der Waals surface area contributed by atoms with Crippen LogP contribution in [0.1, 0.15) is 59.9 Å². The summed E-state index contributed by atoms with van der Waals surface area (Å²) in [5.74, 6) is 2.18. The summed E-state index contributed by atoms with van der Waals surface area (Å²) in [6, 6.07) is 4.63. The van der Waals surface area contributed by atoms with Gasteiger partial charge in [-0.25, -0.2) is 4.98 Å². The van der Waals surface area contributed by atoms with Crippen molar-refractivity contribution < 1.29 is 4.74 Å². The monoisotopic (exact) mass is 292 g/mol. The predicted octanol–water partition coefficient (Wildman–Crippen LogP) is 4.42. The smallest absolute Gasteiger partial charge is 0.218 e. The molecule has 0 aliphatic heterocycles. The predicted molar refractivity (Wildman–Crippen MR) is 89.5 cm³/mol. The van der Waals surface area contributed by atoms with E-state index in [4.69, 9.17) is 4.74 Å². The Labute approximate surface area is 130 Å². The van der Waals surface area contributed by atoms with Gasteiger partial charge in [0.25, 0.3) is 0 Å².